The molecule has 4 rings (SSSR count). The molecule has 0 saturated carbocycles. The van der Waals surface area contributed by atoms with E-state index in [-0.39, 0.29) is 30.4 Å². The van der Waals surface area contributed by atoms with Crippen LogP contribution in [-0.2, 0) is 27.3 Å². The number of morpholine rings is 1. The van der Waals surface area contributed by atoms with Crippen molar-refractivity contribution in [2.24, 2.45) is 5.92 Å². The van der Waals surface area contributed by atoms with Gasteiger partial charge in [0.2, 0.25) is 11.8 Å². The number of ether oxygens (including phenoxy) is 1. The molecule has 0 unspecified atom stereocenters. The van der Waals surface area contributed by atoms with Gasteiger partial charge in [-0.1, -0.05) is 24.3 Å². The largest absolute Gasteiger partial charge is 0.379 e. The number of benzene rings is 1. The van der Waals surface area contributed by atoms with Crippen LogP contribution in [-0.4, -0.2) is 94.8 Å². The Bertz CT molecular complexity index is 965. The van der Waals surface area contributed by atoms with Crippen LogP contribution in [0.15, 0.2) is 42.7 Å². The van der Waals surface area contributed by atoms with Crippen molar-refractivity contribution in [3.63, 3.8) is 0 Å². The molecular weight excluding hydrogens is 442 g/mol. The highest BCUT2D eigenvalue weighted by Gasteiger charge is 2.35. The average molecular weight is 482 g/mol. The van der Waals surface area contributed by atoms with Gasteiger partial charge in [0.25, 0.3) is 0 Å². The molecule has 2 fully saturated rings. The molecule has 1 aromatic carbocycles. The zero-order valence-electron chi connectivity index (χ0n) is 21.3. The predicted molar refractivity (Wildman–Crippen MR) is 135 cm³/mol. The predicted octanol–water partition coefficient (Wildman–Crippen LogP) is 2.22. The maximum Gasteiger partial charge on any atom is 0.244 e. The first-order valence-electron chi connectivity index (χ1n) is 12.8. The third-order valence-electron chi connectivity index (χ3n) is 7.78. The quantitative estimate of drug-likeness (QED) is 0.578. The first kappa shape index (κ1) is 25.4. The van der Waals surface area contributed by atoms with Crippen LogP contribution in [0.4, 0.5) is 0 Å². The second kappa shape index (κ2) is 11.8. The smallest absolute Gasteiger partial charge is 0.244 e. The second-order valence-corrected chi connectivity index (χ2v) is 9.89. The van der Waals surface area contributed by atoms with E-state index in [4.69, 9.17) is 4.74 Å². The molecule has 35 heavy (non-hydrogen) atoms. The zero-order valence-corrected chi connectivity index (χ0v) is 21.3. The van der Waals surface area contributed by atoms with E-state index in [1.54, 1.807) is 10.9 Å². The normalized spacial score (nSPS) is 19.3. The highest BCUT2D eigenvalue weighted by molar-refractivity contribution is 5.81. The molecule has 2 aliphatic heterocycles. The number of hydrogen-bond donors (Lipinski definition) is 0. The molecule has 0 spiro atoms. The molecule has 8 heteroatoms. The Hall–Kier alpha value is -2.71. The Morgan fingerprint density at radius 2 is 1.83 bits per heavy atom. The van der Waals surface area contributed by atoms with Gasteiger partial charge in [-0.15, -0.1) is 0 Å². The van der Waals surface area contributed by atoms with Crippen molar-refractivity contribution in [2.45, 2.75) is 51.7 Å². The number of carbonyl (C=O) groups excluding carboxylic acids is 2. The van der Waals surface area contributed by atoms with Crippen LogP contribution < -0.4 is 0 Å². The van der Waals surface area contributed by atoms with Gasteiger partial charge in [0, 0.05) is 51.7 Å². The summed E-state index contributed by atoms with van der Waals surface area (Å²) < 4.78 is 7.12. The molecule has 1 aromatic heterocycles. The van der Waals surface area contributed by atoms with Gasteiger partial charge in [0.1, 0.15) is 6.54 Å². The Morgan fingerprint density at radius 1 is 1.11 bits per heavy atom. The van der Waals surface area contributed by atoms with E-state index < -0.39 is 0 Å². The number of amides is 2. The molecule has 0 radical (unpaired) electrons. The van der Waals surface area contributed by atoms with Gasteiger partial charge in [-0.3, -0.25) is 19.2 Å². The van der Waals surface area contributed by atoms with E-state index in [0.29, 0.717) is 19.1 Å². The molecule has 2 saturated heterocycles. The van der Waals surface area contributed by atoms with Crippen molar-refractivity contribution in [2.75, 3.05) is 46.4 Å². The Kier molecular flexibility index (Phi) is 8.57. The van der Waals surface area contributed by atoms with Gasteiger partial charge < -0.3 is 14.5 Å². The van der Waals surface area contributed by atoms with Crippen LogP contribution in [0.2, 0.25) is 0 Å². The minimum absolute atomic E-state index is 0.0618. The van der Waals surface area contributed by atoms with Crippen molar-refractivity contribution < 1.29 is 14.3 Å². The summed E-state index contributed by atoms with van der Waals surface area (Å²) in [7, 11) is 1.92. The minimum atomic E-state index is -0.114. The summed E-state index contributed by atoms with van der Waals surface area (Å²) >= 11 is 0. The van der Waals surface area contributed by atoms with Crippen LogP contribution in [0.25, 0.3) is 0 Å². The summed E-state index contributed by atoms with van der Waals surface area (Å²) in [6, 6.07) is 10.2. The molecule has 3 heterocycles. The number of aryl methyl sites for hydroxylation is 1. The van der Waals surface area contributed by atoms with Crippen LogP contribution in [0.5, 0.6) is 0 Å². The van der Waals surface area contributed by atoms with Crippen LogP contribution in [0, 0.1) is 12.8 Å². The summed E-state index contributed by atoms with van der Waals surface area (Å²) in [5.41, 5.74) is 2.52. The Morgan fingerprint density at radius 3 is 2.49 bits per heavy atom. The Labute approximate surface area is 208 Å². The molecule has 2 aliphatic rings. The summed E-state index contributed by atoms with van der Waals surface area (Å²) in [5, 5.41) is 4.21. The monoisotopic (exact) mass is 481 g/mol. The number of carbonyl (C=O) groups is 2. The molecular formula is C27H39N5O3. The van der Waals surface area contributed by atoms with Crippen LogP contribution >= 0.6 is 0 Å². The van der Waals surface area contributed by atoms with Gasteiger partial charge in [0.05, 0.1) is 19.3 Å². The first-order valence-corrected chi connectivity index (χ1v) is 12.8. The lowest BCUT2D eigenvalue weighted by Crippen LogP contribution is -2.54. The lowest BCUT2D eigenvalue weighted by Gasteiger charge is -2.42. The fraction of sp³-hybridized carbons (Fsp3) is 0.593. The molecule has 2 aromatic rings. The Balaban J connectivity index is 1.42. The fourth-order valence-electron chi connectivity index (χ4n) is 5.40. The van der Waals surface area contributed by atoms with E-state index in [0.717, 1.165) is 45.4 Å². The molecule has 0 N–H and O–H groups in total. The second-order valence-electron chi connectivity index (χ2n) is 9.89. The van der Waals surface area contributed by atoms with Gasteiger partial charge in [-0.05, 0) is 56.2 Å². The number of likely N-dealkylation sites (tertiary alicyclic amines) is 1. The number of aromatic nitrogens is 2. The number of rotatable bonds is 8. The van der Waals surface area contributed by atoms with Gasteiger partial charge >= 0.3 is 0 Å². The fourth-order valence-corrected chi connectivity index (χ4v) is 5.40. The standard InChI is InChI=1S/C27H39N5O3/c1-21-7-4-5-8-24(21)19-25(29(3)26(33)20-32-12-6-11-28-32)23-9-13-31(14-10-23)27(34)22(2)30-15-17-35-18-16-30/h4-8,11-12,22-23,25H,9-10,13-20H2,1-3H3/t22-,25-/m1/s1. The molecule has 8 nitrogen and oxygen atoms in total. The molecule has 0 bridgehead atoms. The van der Waals surface area contributed by atoms with E-state index in [1.165, 1.54) is 11.1 Å². The summed E-state index contributed by atoms with van der Waals surface area (Å²) in [6.07, 6.45) is 6.14. The average Bonchev–Trinajstić information content (AvgIpc) is 3.40. The number of hydrogen-bond acceptors (Lipinski definition) is 5. The van der Waals surface area contributed by atoms with Crippen molar-refractivity contribution in [1.82, 2.24) is 24.5 Å². The summed E-state index contributed by atoms with van der Waals surface area (Å²) in [4.78, 5) is 32.6. The van der Waals surface area contributed by atoms with Crippen molar-refractivity contribution in [3.8, 4) is 0 Å². The molecule has 0 aliphatic carbocycles. The molecule has 2 atom stereocenters. The zero-order chi connectivity index (χ0) is 24.8. The maximum atomic E-state index is 13.2. The van der Waals surface area contributed by atoms with Crippen molar-refractivity contribution in [3.05, 3.63) is 53.9 Å². The highest BCUT2D eigenvalue weighted by atomic mass is 16.5. The molecule has 2 amide bonds. The SMILES string of the molecule is Cc1ccccc1C[C@H](C1CCN(C(=O)[C@@H](C)N2CCOCC2)CC1)N(C)C(=O)Cn1cccn1. The van der Waals surface area contributed by atoms with E-state index in [2.05, 4.69) is 41.2 Å². The topological polar surface area (TPSA) is 70.9 Å². The van der Waals surface area contributed by atoms with E-state index in [9.17, 15) is 9.59 Å². The number of likely N-dealkylation sites (N-methyl/N-ethyl adjacent to an activating group) is 1. The first-order chi connectivity index (χ1) is 16.9. The van der Waals surface area contributed by atoms with Gasteiger partial charge in [0.15, 0.2) is 0 Å². The van der Waals surface area contributed by atoms with Crippen LogP contribution in [0.1, 0.15) is 30.9 Å². The maximum absolute atomic E-state index is 13.2. The van der Waals surface area contributed by atoms with E-state index in [1.807, 2.05) is 36.0 Å². The minimum Gasteiger partial charge on any atom is -0.379 e. The highest BCUT2D eigenvalue weighted by Crippen LogP contribution is 2.28. The van der Waals surface area contributed by atoms with Gasteiger partial charge in [-0.2, -0.15) is 5.10 Å². The number of piperidine rings is 1. The lowest BCUT2D eigenvalue weighted by atomic mass is 9.84. The number of nitrogens with zero attached hydrogens (tertiary/aromatic N) is 5. The van der Waals surface area contributed by atoms with E-state index >= 15 is 0 Å². The van der Waals surface area contributed by atoms with Gasteiger partial charge in [-0.25, -0.2) is 0 Å². The third kappa shape index (κ3) is 6.30. The van der Waals surface area contributed by atoms with Crippen molar-refractivity contribution >= 4 is 11.8 Å². The third-order valence-corrected chi connectivity index (χ3v) is 7.78. The van der Waals surface area contributed by atoms with Crippen LogP contribution in [0.3, 0.4) is 0 Å². The summed E-state index contributed by atoms with van der Waals surface area (Å²) in [6.45, 7) is 8.87. The van der Waals surface area contributed by atoms with Crippen molar-refractivity contribution in [1.29, 1.82) is 0 Å². The summed E-state index contributed by atoms with van der Waals surface area (Å²) in [5.74, 6) is 0.611. The molecule has 190 valence electrons. The lowest BCUT2D eigenvalue weighted by molar-refractivity contribution is -0.141.